The second-order valence-electron chi connectivity index (χ2n) is 10.9. The van der Waals surface area contributed by atoms with Gasteiger partial charge in [0.15, 0.2) is 0 Å². The number of hydrogen-bond donors (Lipinski definition) is 1. The Kier molecular flexibility index (Phi) is 4.69. The number of fused-ring (bicyclic) bond motifs is 4. The predicted molar refractivity (Wildman–Crippen MR) is 113 cm³/mol. The van der Waals surface area contributed by atoms with Crippen molar-refractivity contribution in [2.75, 3.05) is 6.54 Å². The Hall–Kier alpha value is -1.35. The number of benzene rings is 1. The number of likely N-dealkylation sites (tertiary alicyclic amines) is 1. The highest BCUT2D eigenvalue weighted by atomic mass is 16.3. The van der Waals surface area contributed by atoms with E-state index in [2.05, 4.69) is 49.9 Å². The molecule has 3 unspecified atom stereocenters. The van der Waals surface area contributed by atoms with Crippen LogP contribution in [0.2, 0.25) is 0 Å². The first-order chi connectivity index (χ1) is 13.1. The molecule has 1 aliphatic heterocycles. The monoisotopic (exact) mass is 383 g/mol. The second kappa shape index (κ2) is 6.58. The quantitative estimate of drug-likeness (QED) is 0.804. The van der Waals surface area contributed by atoms with Crippen LogP contribution in [0.25, 0.3) is 0 Å². The summed E-state index contributed by atoms with van der Waals surface area (Å²) in [6.45, 7) is 11.8. The van der Waals surface area contributed by atoms with Crippen molar-refractivity contribution in [1.82, 2.24) is 4.90 Å². The van der Waals surface area contributed by atoms with E-state index < -0.39 is 5.60 Å². The molecule has 3 nitrogen and oxygen atoms in total. The minimum absolute atomic E-state index is 0.0551. The van der Waals surface area contributed by atoms with E-state index in [0.717, 1.165) is 45.1 Å². The van der Waals surface area contributed by atoms with Gasteiger partial charge in [0.2, 0.25) is 5.91 Å². The maximum atomic E-state index is 13.7. The van der Waals surface area contributed by atoms with Crippen molar-refractivity contribution < 1.29 is 9.90 Å². The van der Waals surface area contributed by atoms with E-state index in [1.54, 1.807) is 0 Å². The lowest BCUT2D eigenvalue weighted by molar-refractivity contribution is -0.151. The number of nitrogens with zero attached hydrogens (tertiary/aromatic N) is 1. The van der Waals surface area contributed by atoms with Crippen molar-refractivity contribution in [1.29, 1.82) is 0 Å². The van der Waals surface area contributed by atoms with Crippen LogP contribution >= 0.6 is 0 Å². The molecule has 2 bridgehead atoms. The lowest BCUT2D eigenvalue weighted by Crippen LogP contribution is -2.65. The highest BCUT2D eigenvalue weighted by Gasteiger charge is 2.57. The van der Waals surface area contributed by atoms with Gasteiger partial charge in [0.05, 0.1) is 5.60 Å². The molecule has 1 heterocycles. The number of carbonyl (C=O) groups excluding carboxylic acids is 1. The molecule has 154 valence electrons. The summed E-state index contributed by atoms with van der Waals surface area (Å²) in [5.74, 6) is 0.640. The average molecular weight is 384 g/mol. The molecule has 0 radical (unpaired) electrons. The van der Waals surface area contributed by atoms with Crippen LogP contribution in [0, 0.1) is 17.3 Å². The minimum atomic E-state index is -0.692. The van der Waals surface area contributed by atoms with Crippen molar-refractivity contribution in [3.05, 3.63) is 35.4 Å². The zero-order chi connectivity index (χ0) is 20.3. The third-order valence-corrected chi connectivity index (χ3v) is 8.81. The van der Waals surface area contributed by atoms with Gasteiger partial charge in [-0.1, -0.05) is 51.5 Å². The standard InChI is InChI=1S/C25H37NO2/c1-23(2)21-16-17-9-6-7-12-20(17)25(23,5)13-14-26(21)22(27)18-10-8-11-19(15-18)24(3,4)28/h6-7,9,12,18-19,21,28H,8,10-11,13-16H2,1-5H3/t18?,19?,21?,25-/m0/s1. The molecule has 1 amide bonds. The van der Waals surface area contributed by atoms with E-state index in [1.165, 1.54) is 11.1 Å². The molecule has 3 aliphatic rings. The number of rotatable bonds is 2. The van der Waals surface area contributed by atoms with Crippen LogP contribution in [0.15, 0.2) is 24.3 Å². The Morgan fingerprint density at radius 2 is 1.89 bits per heavy atom. The van der Waals surface area contributed by atoms with Crippen LogP contribution in [-0.4, -0.2) is 34.1 Å². The van der Waals surface area contributed by atoms with Gasteiger partial charge < -0.3 is 10.0 Å². The third-order valence-electron chi connectivity index (χ3n) is 8.81. The Balaban J connectivity index is 1.62. The lowest BCUT2D eigenvalue weighted by Gasteiger charge is -2.61. The fourth-order valence-electron chi connectivity index (χ4n) is 6.43. The summed E-state index contributed by atoms with van der Waals surface area (Å²) in [6.07, 6.45) is 5.89. The number of aliphatic hydroxyl groups is 1. The number of hydrogen-bond acceptors (Lipinski definition) is 2. The minimum Gasteiger partial charge on any atom is -0.390 e. The molecular formula is C25H37NO2. The second-order valence-corrected chi connectivity index (χ2v) is 10.9. The van der Waals surface area contributed by atoms with Gasteiger partial charge in [0.1, 0.15) is 0 Å². The molecule has 1 aromatic carbocycles. The summed E-state index contributed by atoms with van der Waals surface area (Å²) in [6, 6.07) is 9.12. The fourth-order valence-corrected chi connectivity index (χ4v) is 6.43. The summed E-state index contributed by atoms with van der Waals surface area (Å²) in [4.78, 5) is 15.9. The summed E-state index contributed by atoms with van der Waals surface area (Å²) in [5, 5.41) is 10.5. The van der Waals surface area contributed by atoms with E-state index in [-0.39, 0.29) is 28.7 Å². The Bertz CT molecular complexity index is 762. The molecule has 4 rings (SSSR count). The molecule has 1 saturated carbocycles. The van der Waals surface area contributed by atoms with Crippen LogP contribution in [0.4, 0.5) is 0 Å². The first-order valence-corrected chi connectivity index (χ1v) is 11.2. The molecule has 1 aromatic rings. The molecule has 2 fully saturated rings. The fraction of sp³-hybridized carbons (Fsp3) is 0.720. The van der Waals surface area contributed by atoms with Gasteiger partial charge in [-0.15, -0.1) is 0 Å². The SMILES string of the molecule is CC(C)(O)C1CCCC(C(=O)N2CC[C@@]3(C)c4ccccc4CC2C3(C)C)C1. The smallest absolute Gasteiger partial charge is 0.225 e. The van der Waals surface area contributed by atoms with Gasteiger partial charge in [0, 0.05) is 23.9 Å². The first kappa shape index (κ1) is 19.9. The highest BCUT2D eigenvalue weighted by molar-refractivity contribution is 5.80. The van der Waals surface area contributed by atoms with Crippen LogP contribution in [0.3, 0.4) is 0 Å². The van der Waals surface area contributed by atoms with Crippen molar-refractivity contribution in [2.24, 2.45) is 17.3 Å². The maximum absolute atomic E-state index is 13.7. The third kappa shape index (κ3) is 2.93. The molecule has 28 heavy (non-hydrogen) atoms. The van der Waals surface area contributed by atoms with E-state index in [0.29, 0.717) is 5.91 Å². The van der Waals surface area contributed by atoms with E-state index in [4.69, 9.17) is 0 Å². The molecule has 0 spiro atoms. The van der Waals surface area contributed by atoms with Crippen LogP contribution in [0.1, 0.15) is 77.8 Å². The Morgan fingerprint density at radius 3 is 2.61 bits per heavy atom. The molecule has 0 aromatic heterocycles. The van der Waals surface area contributed by atoms with Crippen molar-refractivity contribution >= 4 is 5.91 Å². The van der Waals surface area contributed by atoms with Gasteiger partial charge in [-0.05, 0) is 68.4 Å². The van der Waals surface area contributed by atoms with Crippen LogP contribution < -0.4 is 0 Å². The zero-order valence-electron chi connectivity index (χ0n) is 18.3. The van der Waals surface area contributed by atoms with E-state index in [9.17, 15) is 9.90 Å². The summed E-state index contributed by atoms with van der Waals surface area (Å²) in [5.41, 5.74) is 2.39. The first-order valence-electron chi connectivity index (χ1n) is 11.2. The number of amides is 1. The highest BCUT2D eigenvalue weighted by Crippen LogP contribution is 2.56. The Morgan fingerprint density at radius 1 is 1.18 bits per heavy atom. The Labute approximate surface area is 170 Å². The molecule has 3 heteroatoms. The van der Waals surface area contributed by atoms with Crippen molar-refractivity contribution in [3.63, 3.8) is 0 Å². The number of carbonyl (C=O) groups is 1. The maximum Gasteiger partial charge on any atom is 0.225 e. The van der Waals surface area contributed by atoms with Crippen molar-refractivity contribution in [3.8, 4) is 0 Å². The van der Waals surface area contributed by atoms with Gasteiger partial charge in [-0.2, -0.15) is 0 Å². The average Bonchev–Trinajstić information content (AvgIpc) is 2.64. The molecule has 4 atom stereocenters. The largest absolute Gasteiger partial charge is 0.390 e. The predicted octanol–water partition coefficient (Wildman–Crippen LogP) is 4.70. The summed E-state index contributed by atoms with van der Waals surface area (Å²) < 4.78 is 0. The topological polar surface area (TPSA) is 40.5 Å². The van der Waals surface area contributed by atoms with Gasteiger partial charge in [-0.3, -0.25) is 4.79 Å². The van der Waals surface area contributed by atoms with Gasteiger partial charge in [0.25, 0.3) is 0 Å². The number of piperidine rings is 1. The molecular weight excluding hydrogens is 346 g/mol. The molecule has 2 aliphatic carbocycles. The van der Waals surface area contributed by atoms with Crippen molar-refractivity contribution in [2.45, 2.75) is 90.2 Å². The lowest BCUT2D eigenvalue weighted by atomic mass is 9.51. The van der Waals surface area contributed by atoms with E-state index in [1.807, 2.05) is 13.8 Å². The van der Waals surface area contributed by atoms with E-state index >= 15 is 0 Å². The molecule has 1 N–H and O–H groups in total. The normalized spacial score (nSPS) is 34.6. The van der Waals surface area contributed by atoms with Crippen LogP contribution in [0.5, 0.6) is 0 Å². The molecule has 1 saturated heterocycles. The van der Waals surface area contributed by atoms with Crippen LogP contribution in [-0.2, 0) is 16.6 Å². The summed E-state index contributed by atoms with van der Waals surface area (Å²) >= 11 is 0. The summed E-state index contributed by atoms with van der Waals surface area (Å²) in [7, 11) is 0. The van der Waals surface area contributed by atoms with Gasteiger partial charge >= 0.3 is 0 Å². The zero-order valence-corrected chi connectivity index (χ0v) is 18.3. The van der Waals surface area contributed by atoms with Gasteiger partial charge in [-0.25, -0.2) is 0 Å².